The lowest BCUT2D eigenvalue weighted by Gasteiger charge is -2.14. The minimum atomic E-state index is 0.115. The number of rotatable bonds is 4. The number of carbonyl (C=O) groups is 1. The summed E-state index contributed by atoms with van der Waals surface area (Å²) in [6.07, 6.45) is 4.18. The average Bonchev–Trinajstić information content (AvgIpc) is 3.13. The van der Waals surface area contributed by atoms with Crippen molar-refractivity contribution < 1.29 is 4.79 Å². The second-order valence-corrected chi connectivity index (χ2v) is 5.16. The lowest BCUT2D eigenvalue weighted by molar-refractivity contribution is -0.122. The molecular weight excluding hydrogens is 218 g/mol. The molecule has 1 unspecified atom stereocenters. The van der Waals surface area contributed by atoms with Gasteiger partial charge in [-0.1, -0.05) is 12.1 Å². The summed E-state index contributed by atoms with van der Waals surface area (Å²) in [7, 11) is 0. The molecule has 0 saturated heterocycles. The maximum absolute atomic E-state index is 11.6. The van der Waals surface area contributed by atoms with E-state index in [-0.39, 0.29) is 17.9 Å². The van der Waals surface area contributed by atoms with Gasteiger partial charge in [0.1, 0.15) is 0 Å². The van der Waals surface area contributed by atoms with Crippen LogP contribution in [0.15, 0.2) is 29.2 Å². The van der Waals surface area contributed by atoms with Crippen molar-refractivity contribution in [1.29, 1.82) is 0 Å². The minimum absolute atomic E-state index is 0.115. The Balaban J connectivity index is 1.96. The number of hydrogen-bond acceptors (Lipinski definition) is 2. The lowest BCUT2D eigenvalue weighted by Crippen LogP contribution is -2.27. The molecule has 86 valence electrons. The first kappa shape index (κ1) is 11.5. The Morgan fingerprint density at radius 3 is 2.50 bits per heavy atom. The smallest absolute Gasteiger partial charge is 0.223 e. The van der Waals surface area contributed by atoms with Gasteiger partial charge in [0, 0.05) is 10.8 Å². The Hall–Kier alpha value is -0.960. The van der Waals surface area contributed by atoms with E-state index in [1.54, 1.807) is 11.8 Å². The maximum Gasteiger partial charge on any atom is 0.223 e. The number of hydrogen-bond donors (Lipinski definition) is 1. The normalized spacial score (nSPS) is 16.9. The highest BCUT2D eigenvalue weighted by Gasteiger charge is 2.30. The molecule has 1 atom stereocenters. The highest BCUT2D eigenvalue weighted by molar-refractivity contribution is 7.98. The van der Waals surface area contributed by atoms with Crippen LogP contribution in [-0.2, 0) is 4.79 Å². The van der Waals surface area contributed by atoms with Gasteiger partial charge >= 0.3 is 0 Å². The number of thioether (sulfide) groups is 1. The van der Waals surface area contributed by atoms with Gasteiger partial charge in [-0.15, -0.1) is 11.8 Å². The van der Waals surface area contributed by atoms with Gasteiger partial charge < -0.3 is 5.32 Å². The van der Waals surface area contributed by atoms with Gasteiger partial charge in [0.15, 0.2) is 0 Å². The van der Waals surface area contributed by atoms with Crippen LogP contribution >= 0.6 is 11.8 Å². The van der Waals surface area contributed by atoms with E-state index in [4.69, 9.17) is 0 Å². The maximum atomic E-state index is 11.6. The first-order valence-corrected chi connectivity index (χ1v) is 6.87. The zero-order chi connectivity index (χ0) is 11.5. The molecular formula is C13H17NOS. The molecule has 1 amide bonds. The second kappa shape index (κ2) is 4.91. The third-order valence-electron chi connectivity index (χ3n) is 2.92. The molecule has 0 bridgehead atoms. The Kier molecular flexibility index (Phi) is 3.54. The third kappa shape index (κ3) is 2.79. The van der Waals surface area contributed by atoms with Crippen molar-refractivity contribution in [3.63, 3.8) is 0 Å². The highest BCUT2D eigenvalue weighted by atomic mass is 32.2. The number of nitrogens with one attached hydrogen (secondary N) is 1. The molecule has 0 aromatic heterocycles. The van der Waals surface area contributed by atoms with E-state index in [1.807, 2.05) is 6.92 Å². The molecule has 1 aromatic carbocycles. The van der Waals surface area contributed by atoms with Crippen LogP contribution in [0.3, 0.4) is 0 Å². The summed E-state index contributed by atoms with van der Waals surface area (Å²) in [4.78, 5) is 12.9. The summed E-state index contributed by atoms with van der Waals surface area (Å²) >= 11 is 1.73. The molecule has 0 heterocycles. The first-order valence-electron chi connectivity index (χ1n) is 5.65. The molecule has 2 rings (SSSR count). The van der Waals surface area contributed by atoms with E-state index in [0.29, 0.717) is 0 Å². The number of benzene rings is 1. The summed E-state index contributed by atoms with van der Waals surface area (Å²) in [5.41, 5.74) is 1.17. The summed E-state index contributed by atoms with van der Waals surface area (Å²) < 4.78 is 0. The van der Waals surface area contributed by atoms with Gasteiger partial charge in [-0.2, -0.15) is 0 Å². The number of amides is 1. The largest absolute Gasteiger partial charge is 0.349 e. The molecule has 0 radical (unpaired) electrons. The quantitative estimate of drug-likeness (QED) is 0.813. The van der Waals surface area contributed by atoms with Crippen LogP contribution in [-0.4, -0.2) is 12.2 Å². The van der Waals surface area contributed by atoms with Crippen LogP contribution in [0.1, 0.15) is 31.4 Å². The van der Waals surface area contributed by atoms with E-state index < -0.39 is 0 Å². The average molecular weight is 235 g/mol. The van der Waals surface area contributed by atoms with Gasteiger partial charge in [-0.25, -0.2) is 0 Å². The van der Waals surface area contributed by atoms with Crippen molar-refractivity contribution in [3.8, 4) is 0 Å². The first-order chi connectivity index (χ1) is 7.70. The molecule has 1 aliphatic rings. The van der Waals surface area contributed by atoms with Crippen molar-refractivity contribution in [1.82, 2.24) is 5.32 Å². The van der Waals surface area contributed by atoms with Crippen LogP contribution in [0.2, 0.25) is 0 Å². The fourth-order valence-corrected chi connectivity index (χ4v) is 2.06. The lowest BCUT2D eigenvalue weighted by atomic mass is 10.1. The minimum Gasteiger partial charge on any atom is -0.349 e. The predicted molar refractivity (Wildman–Crippen MR) is 67.5 cm³/mol. The third-order valence-corrected chi connectivity index (χ3v) is 3.67. The molecule has 1 aromatic rings. The van der Waals surface area contributed by atoms with E-state index in [9.17, 15) is 4.79 Å². The van der Waals surface area contributed by atoms with Crippen LogP contribution in [0, 0.1) is 5.92 Å². The van der Waals surface area contributed by atoms with Crippen molar-refractivity contribution in [3.05, 3.63) is 29.8 Å². The van der Waals surface area contributed by atoms with Crippen LogP contribution in [0.4, 0.5) is 0 Å². The second-order valence-electron chi connectivity index (χ2n) is 4.28. The summed E-state index contributed by atoms with van der Waals surface area (Å²) in [6.45, 7) is 2.04. The van der Waals surface area contributed by atoms with Gasteiger partial charge in [0.2, 0.25) is 5.91 Å². The number of carbonyl (C=O) groups excluding carboxylic acids is 1. The molecule has 1 aliphatic carbocycles. The SMILES string of the molecule is CSc1ccc(C(C)NC(=O)C2CC2)cc1. The fraction of sp³-hybridized carbons (Fsp3) is 0.462. The van der Waals surface area contributed by atoms with E-state index in [0.717, 1.165) is 12.8 Å². The molecule has 3 heteroatoms. The Bertz CT molecular complexity index is 370. The summed E-state index contributed by atoms with van der Waals surface area (Å²) in [5, 5.41) is 3.05. The van der Waals surface area contributed by atoms with E-state index in [1.165, 1.54) is 10.5 Å². The monoisotopic (exact) mass is 235 g/mol. The van der Waals surface area contributed by atoms with Gasteiger partial charge in [0.25, 0.3) is 0 Å². The Morgan fingerprint density at radius 1 is 1.38 bits per heavy atom. The molecule has 16 heavy (non-hydrogen) atoms. The zero-order valence-corrected chi connectivity index (χ0v) is 10.5. The van der Waals surface area contributed by atoms with Crippen molar-refractivity contribution in [2.24, 2.45) is 5.92 Å². The van der Waals surface area contributed by atoms with Crippen molar-refractivity contribution >= 4 is 17.7 Å². The molecule has 0 aliphatic heterocycles. The summed E-state index contributed by atoms with van der Waals surface area (Å²) in [5.74, 6) is 0.495. The van der Waals surface area contributed by atoms with Crippen molar-refractivity contribution in [2.45, 2.75) is 30.7 Å². The van der Waals surface area contributed by atoms with Crippen molar-refractivity contribution in [2.75, 3.05) is 6.26 Å². The predicted octanol–water partition coefficient (Wildman–Crippen LogP) is 3.00. The molecule has 1 N–H and O–H groups in total. The molecule has 1 saturated carbocycles. The van der Waals surface area contributed by atoms with Gasteiger partial charge in [0.05, 0.1) is 6.04 Å². The van der Waals surface area contributed by atoms with Crippen LogP contribution in [0.25, 0.3) is 0 Å². The zero-order valence-electron chi connectivity index (χ0n) is 9.69. The topological polar surface area (TPSA) is 29.1 Å². The molecule has 1 fully saturated rings. The van der Waals surface area contributed by atoms with Crippen LogP contribution in [0.5, 0.6) is 0 Å². The highest BCUT2D eigenvalue weighted by Crippen LogP contribution is 2.29. The molecule has 0 spiro atoms. The Labute approximate surface area is 101 Å². The standard InChI is InChI=1S/C13H17NOS/c1-9(14-13(15)11-3-4-11)10-5-7-12(16-2)8-6-10/h5-9,11H,3-4H2,1-2H3,(H,14,15). The molecule has 2 nitrogen and oxygen atoms in total. The van der Waals surface area contributed by atoms with Gasteiger partial charge in [-0.3, -0.25) is 4.79 Å². The van der Waals surface area contributed by atoms with E-state index in [2.05, 4.69) is 35.8 Å². The summed E-state index contributed by atoms with van der Waals surface area (Å²) in [6, 6.07) is 8.48. The van der Waals surface area contributed by atoms with E-state index >= 15 is 0 Å². The van der Waals surface area contributed by atoms with Crippen LogP contribution < -0.4 is 5.32 Å². The Morgan fingerprint density at radius 2 is 2.00 bits per heavy atom. The fourth-order valence-electron chi connectivity index (χ4n) is 1.65. The van der Waals surface area contributed by atoms with Gasteiger partial charge in [-0.05, 0) is 43.7 Å².